The number of rotatable bonds is 4. The van der Waals surface area contributed by atoms with Gasteiger partial charge in [-0.25, -0.2) is 13.6 Å². The molecule has 0 aliphatic heterocycles. The summed E-state index contributed by atoms with van der Waals surface area (Å²) < 4.78 is 41.0. The number of hydrogen-bond acceptors (Lipinski definition) is 4. The predicted octanol–water partition coefficient (Wildman–Crippen LogP) is 3.48. The van der Waals surface area contributed by atoms with E-state index in [4.69, 9.17) is 9.15 Å². The molecule has 0 aliphatic rings. The van der Waals surface area contributed by atoms with Crippen molar-refractivity contribution in [2.24, 2.45) is 0 Å². The highest BCUT2D eigenvalue weighted by molar-refractivity contribution is 5.86. The molecule has 0 spiro atoms. The molecule has 20 heavy (non-hydrogen) atoms. The molecule has 2 aromatic rings. The molecular formula is C14H12F2O4. The molecule has 0 saturated carbocycles. The van der Waals surface area contributed by atoms with Gasteiger partial charge >= 0.3 is 5.97 Å². The Balaban J connectivity index is 2.11. The molecule has 0 N–H and O–H groups in total. The van der Waals surface area contributed by atoms with Crippen molar-refractivity contribution < 1.29 is 27.5 Å². The second kappa shape index (κ2) is 5.73. The van der Waals surface area contributed by atoms with E-state index >= 15 is 0 Å². The minimum Gasteiger partial charge on any atom is -0.483 e. The Hall–Kier alpha value is -2.37. The van der Waals surface area contributed by atoms with Gasteiger partial charge in [0.1, 0.15) is 11.5 Å². The summed E-state index contributed by atoms with van der Waals surface area (Å²) in [6.07, 6.45) is -0.571. The van der Waals surface area contributed by atoms with E-state index in [0.717, 1.165) is 12.1 Å². The second-order valence-corrected chi connectivity index (χ2v) is 4.03. The van der Waals surface area contributed by atoms with E-state index in [-0.39, 0.29) is 11.5 Å². The highest BCUT2D eigenvalue weighted by atomic mass is 19.2. The van der Waals surface area contributed by atoms with Gasteiger partial charge in [-0.05, 0) is 31.2 Å². The summed E-state index contributed by atoms with van der Waals surface area (Å²) >= 11 is 0. The first-order valence-electron chi connectivity index (χ1n) is 5.81. The Labute approximate surface area is 113 Å². The average Bonchev–Trinajstić information content (AvgIpc) is 2.92. The monoisotopic (exact) mass is 282 g/mol. The number of ether oxygens (including phenoxy) is 2. The van der Waals surface area contributed by atoms with Crippen LogP contribution in [0.1, 0.15) is 29.3 Å². The molecule has 1 atom stereocenters. The standard InChI is InChI=1S/C14H12F2O4/c1-8(12-5-6-13(20-12)14(17)18-2)19-9-3-4-10(15)11(16)7-9/h3-8H,1-2H3. The normalized spacial score (nSPS) is 12.0. The Morgan fingerprint density at radius 3 is 2.60 bits per heavy atom. The van der Waals surface area contributed by atoms with Gasteiger partial charge in [-0.3, -0.25) is 0 Å². The fraction of sp³-hybridized carbons (Fsp3) is 0.214. The van der Waals surface area contributed by atoms with Gasteiger partial charge in [0.15, 0.2) is 17.7 Å². The fourth-order valence-electron chi connectivity index (χ4n) is 1.59. The summed E-state index contributed by atoms with van der Waals surface area (Å²) in [5, 5.41) is 0. The Morgan fingerprint density at radius 1 is 1.20 bits per heavy atom. The second-order valence-electron chi connectivity index (χ2n) is 4.03. The Kier molecular flexibility index (Phi) is 4.02. The zero-order valence-corrected chi connectivity index (χ0v) is 10.9. The molecule has 0 saturated heterocycles. The third-order valence-electron chi connectivity index (χ3n) is 2.62. The molecule has 0 radical (unpaired) electrons. The number of halogens is 2. The van der Waals surface area contributed by atoms with Crippen LogP contribution >= 0.6 is 0 Å². The summed E-state index contributed by atoms with van der Waals surface area (Å²) in [6.45, 7) is 1.65. The molecule has 2 rings (SSSR count). The lowest BCUT2D eigenvalue weighted by molar-refractivity contribution is 0.0558. The highest BCUT2D eigenvalue weighted by Crippen LogP contribution is 2.24. The smallest absolute Gasteiger partial charge is 0.373 e. The van der Waals surface area contributed by atoms with Crippen molar-refractivity contribution in [2.75, 3.05) is 7.11 Å². The van der Waals surface area contributed by atoms with Crippen LogP contribution in [-0.4, -0.2) is 13.1 Å². The fourth-order valence-corrected chi connectivity index (χ4v) is 1.59. The molecule has 0 fully saturated rings. The lowest BCUT2D eigenvalue weighted by Crippen LogP contribution is -2.03. The maximum absolute atomic E-state index is 13.0. The van der Waals surface area contributed by atoms with Crippen molar-refractivity contribution in [3.05, 3.63) is 53.5 Å². The van der Waals surface area contributed by atoms with Crippen LogP contribution in [-0.2, 0) is 4.74 Å². The quantitative estimate of drug-likeness (QED) is 0.805. The van der Waals surface area contributed by atoms with Crippen molar-refractivity contribution in [1.29, 1.82) is 0 Å². The minimum atomic E-state index is -0.996. The van der Waals surface area contributed by atoms with Crippen LogP contribution in [0.15, 0.2) is 34.7 Å². The highest BCUT2D eigenvalue weighted by Gasteiger charge is 2.17. The topological polar surface area (TPSA) is 48.7 Å². The van der Waals surface area contributed by atoms with Crippen LogP contribution in [0.25, 0.3) is 0 Å². The van der Waals surface area contributed by atoms with Crippen LogP contribution in [0.2, 0.25) is 0 Å². The third-order valence-corrected chi connectivity index (χ3v) is 2.62. The van der Waals surface area contributed by atoms with Gasteiger partial charge in [0.25, 0.3) is 0 Å². The van der Waals surface area contributed by atoms with Crippen molar-refractivity contribution in [3.8, 4) is 5.75 Å². The zero-order valence-electron chi connectivity index (χ0n) is 10.9. The van der Waals surface area contributed by atoms with Gasteiger partial charge in [-0.15, -0.1) is 0 Å². The predicted molar refractivity (Wildman–Crippen MR) is 65.4 cm³/mol. The summed E-state index contributed by atoms with van der Waals surface area (Å²) in [6, 6.07) is 6.22. The van der Waals surface area contributed by atoms with Crippen molar-refractivity contribution in [1.82, 2.24) is 0 Å². The maximum Gasteiger partial charge on any atom is 0.373 e. The first-order valence-corrected chi connectivity index (χ1v) is 5.81. The molecule has 1 heterocycles. The Morgan fingerprint density at radius 2 is 1.95 bits per heavy atom. The first-order chi connectivity index (χ1) is 9.51. The van der Waals surface area contributed by atoms with Crippen molar-refractivity contribution >= 4 is 5.97 Å². The van der Waals surface area contributed by atoms with Crippen LogP contribution in [0.4, 0.5) is 8.78 Å². The third kappa shape index (κ3) is 2.96. The zero-order chi connectivity index (χ0) is 14.7. The van der Waals surface area contributed by atoms with E-state index in [0.29, 0.717) is 5.76 Å². The van der Waals surface area contributed by atoms with Gasteiger partial charge in [-0.2, -0.15) is 0 Å². The minimum absolute atomic E-state index is 0.0447. The molecule has 0 bridgehead atoms. The molecule has 6 heteroatoms. The largest absolute Gasteiger partial charge is 0.483 e. The van der Waals surface area contributed by atoms with E-state index in [2.05, 4.69) is 4.74 Å². The average molecular weight is 282 g/mol. The van der Waals surface area contributed by atoms with Crippen LogP contribution < -0.4 is 4.74 Å². The number of furan rings is 1. The molecule has 0 aliphatic carbocycles. The molecule has 1 aromatic carbocycles. The molecule has 1 unspecified atom stereocenters. The number of carbonyl (C=O) groups is 1. The van der Waals surface area contributed by atoms with E-state index in [1.54, 1.807) is 13.0 Å². The number of benzene rings is 1. The van der Waals surface area contributed by atoms with Gasteiger partial charge in [0, 0.05) is 6.07 Å². The number of methoxy groups -OCH3 is 1. The Bertz CT molecular complexity index is 621. The maximum atomic E-state index is 13.0. The molecule has 1 aromatic heterocycles. The van der Waals surface area contributed by atoms with Crippen molar-refractivity contribution in [2.45, 2.75) is 13.0 Å². The number of hydrogen-bond donors (Lipinski definition) is 0. The lowest BCUT2D eigenvalue weighted by atomic mass is 10.3. The van der Waals surface area contributed by atoms with E-state index in [1.165, 1.54) is 19.2 Å². The molecular weight excluding hydrogens is 270 g/mol. The van der Waals surface area contributed by atoms with Crippen LogP contribution in [0.3, 0.4) is 0 Å². The van der Waals surface area contributed by atoms with Gasteiger partial charge < -0.3 is 13.9 Å². The molecule has 106 valence electrons. The summed E-state index contributed by atoms with van der Waals surface area (Å²) in [5.41, 5.74) is 0. The van der Waals surface area contributed by atoms with Gasteiger partial charge in [-0.1, -0.05) is 0 Å². The SMILES string of the molecule is COC(=O)c1ccc(C(C)Oc2ccc(F)c(F)c2)o1. The lowest BCUT2D eigenvalue weighted by Gasteiger charge is -2.12. The summed E-state index contributed by atoms with van der Waals surface area (Å²) in [5.74, 6) is -1.97. The van der Waals surface area contributed by atoms with E-state index in [1.807, 2.05) is 0 Å². The van der Waals surface area contributed by atoms with Crippen LogP contribution in [0.5, 0.6) is 5.75 Å². The summed E-state index contributed by atoms with van der Waals surface area (Å²) in [7, 11) is 1.24. The van der Waals surface area contributed by atoms with Gasteiger partial charge in [0.05, 0.1) is 7.11 Å². The molecule has 0 amide bonds. The number of esters is 1. The van der Waals surface area contributed by atoms with Gasteiger partial charge in [0.2, 0.25) is 5.76 Å². The van der Waals surface area contributed by atoms with Crippen molar-refractivity contribution in [3.63, 3.8) is 0 Å². The van der Waals surface area contributed by atoms with E-state index < -0.39 is 23.7 Å². The van der Waals surface area contributed by atoms with E-state index in [9.17, 15) is 13.6 Å². The first kappa shape index (κ1) is 14.0. The van der Waals surface area contributed by atoms with Crippen LogP contribution in [0, 0.1) is 11.6 Å². The summed E-state index contributed by atoms with van der Waals surface area (Å²) in [4.78, 5) is 11.2. The molecule has 4 nitrogen and oxygen atoms in total. The number of carbonyl (C=O) groups excluding carboxylic acids is 1.